The third-order valence-electron chi connectivity index (χ3n) is 3.48. The van der Waals surface area contributed by atoms with Crippen molar-refractivity contribution in [3.8, 4) is 5.75 Å². The van der Waals surface area contributed by atoms with Crippen LogP contribution in [0.4, 0.5) is 4.39 Å². The van der Waals surface area contributed by atoms with Crippen LogP contribution >= 0.6 is 0 Å². The van der Waals surface area contributed by atoms with E-state index in [9.17, 15) is 9.18 Å². The lowest BCUT2D eigenvalue weighted by Gasteiger charge is -2.18. The van der Waals surface area contributed by atoms with E-state index in [-0.39, 0.29) is 17.6 Å². The molecule has 0 aliphatic rings. The Balaban J connectivity index is 1.95. The molecule has 0 aliphatic heterocycles. The van der Waals surface area contributed by atoms with Gasteiger partial charge in [0.25, 0.3) is 5.91 Å². The van der Waals surface area contributed by atoms with E-state index >= 15 is 0 Å². The summed E-state index contributed by atoms with van der Waals surface area (Å²) >= 11 is 0. The summed E-state index contributed by atoms with van der Waals surface area (Å²) in [6.45, 7) is 6.38. The monoisotopic (exact) mass is 320 g/mol. The van der Waals surface area contributed by atoms with E-state index in [1.807, 2.05) is 13.8 Å². The van der Waals surface area contributed by atoms with Gasteiger partial charge < -0.3 is 14.2 Å². The Hall–Kier alpha value is -2.37. The van der Waals surface area contributed by atoms with Crippen LogP contribution in [0.5, 0.6) is 5.75 Å². The van der Waals surface area contributed by atoms with E-state index < -0.39 is 0 Å². The Morgan fingerprint density at radius 2 is 2.00 bits per heavy atom. The third-order valence-corrected chi connectivity index (χ3v) is 3.48. The summed E-state index contributed by atoms with van der Waals surface area (Å²) in [6.07, 6.45) is 0. The van der Waals surface area contributed by atoms with Gasteiger partial charge in [0.15, 0.2) is 5.76 Å². The number of hydrogen-bond acceptors (Lipinski definition) is 4. The molecule has 0 N–H and O–H groups in total. The first-order chi connectivity index (χ1) is 10.9. The minimum absolute atomic E-state index is 0.0824. The standard InChI is InChI=1S/C17H21FN2O3/c1-11(2)16-15(12(3)19-23-16)17(21)20(4)9-10-22-14-7-5-13(18)6-8-14/h5-8,11H,9-10H2,1-4H3. The Bertz CT molecular complexity index is 665. The molecule has 1 aromatic carbocycles. The highest BCUT2D eigenvalue weighted by Gasteiger charge is 2.24. The van der Waals surface area contributed by atoms with Gasteiger partial charge in [0, 0.05) is 13.0 Å². The van der Waals surface area contributed by atoms with Gasteiger partial charge in [0.2, 0.25) is 0 Å². The molecule has 0 fully saturated rings. The van der Waals surface area contributed by atoms with Gasteiger partial charge in [0.1, 0.15) is 23.7 Å². The van der Waals surface area contributed by atoms with Crippen molar-refractivity contribution in [3.05, 3.63) is 47.1 Å². The van der Waals surface area contributed by atoms with Crippen LogP contribution in [0.2, 0.25) is 0 Å². The summed E-state index contributed by atoms with van der Waals surface area (Å²) in [4.78, 5) is 14.1. The number of rotatable bonds is 6. The molecule has 0 saturated heterocycles. The molecule has 0 atom stereocenters. The first kappa shape index (κ1) is 17.0. The summed E-state index contributed by atoms with van der Waals surface area (Å²) in [5.74, 6) is 0.790. The van der Waals surface area contributed by atoms with Crippen LogP contribution in [-0.2, 0) is 0 Å². The van der Waals surface area contributed by atoms with Crippen molar-refractivity contribution in [2.75, 3.05) is 20.2 Å². The molecule has 2 aromatic rings. The number of likely N-dealkylation sites (N-methyl/N-ethyl adjacent to an activating group) is 1. The summed E-state index contributed by atoms with van der Waals surface area (Å²) < 4.78 is 23.6. The Kier molecular flexibility index (Phi) is 5.36. The number of amides is 1. The largest absolute Gasteiger partial charge is 0.492 e. The second-order valence-corrected chi connectivity index (χ2v) is 5.69. The Morgan fingerprint density at radius 3 is 2.61 bits per heavy atom. The fraction of sp³-hybridized carbons (Fsp3) is 0.412. The third kappa shape index (κ3) is 4.09. The van der Waals surface area contributed by atoms with Gasteiger partial charge in [0.05, 0.1) is 12.2 Å². The number of hydrogen-bond donors (Lipinski definition) is 0. The average molecular weight is 320 g/mol. The number of benzene rings is 1. The predicted molar refractivity (Wildman–Crippen MR) is 84.2 cm³/mol. The van der Waals surface area contributed by atoms with Crippen molar-refractivity contribution < 1.29 is 18.4 Å². The van der Waals surface area contributed by atoms with Gasteiger partial charge in [-0.05, 0) is 31.2 Å². The summed E-state index contributed by atoms with van der Waals surface area (Å²) in [5, 5.41) is 3.89. The SMILES string of the molecule is Cc1noc(C(C)C)c1C(=O)N(C)CCOc1ccc(F)cc1. The molecule has 6 heteroatoms. The number of carbonyl (C=O) groups is 1. The van der Waals surface area contributed by atoms with E-state index in [1.54, 1.807) is 31.0 Å². The molecule has 0 saturated carbocycles. The first-order valence-corrected chi connectivity index (χ1v) is 7.50. The lowest BCUT2D eigenvalue weighted by Crippen LogP contribution is -2.31. The van der Waals surface area contributed by atoms with Crippen molar-refractivity contribution in [1.82, 2.24) is 10.1 Å². The van der Waals surface area contributed by atoms with Gasteiger partial charge in [-0.25, -0.2) is 4.39 Å². The predicted octanol–water partition coefficient (Wildman–Crippen LogP) is 3.40. The molecule has 0 aliphatic carbocycles. The number of aryl methyl sites for hydroxylation is 1. The van der Waals surface area contributed by atoms with Crippen molar-refractivity contribution in [2.45, 2.75) is 26.7 Å². The molecule has 23 heavy (non-hydrogen) atoms. The highest BCUT2D eigenvalue weighted by molar-refractivity contribution is 5.96. The van der Waals surface area contributed by atoms with Gasteiger partial charge in [-0.2, -0.15) is 0 Å². The fourth-order valence-corrected chi connectivity index (χ4v) is 2.17. The van der Waals surface area contributed by atoms with Crippen LogP contribution in [0.3, 0.4) is 0 Å². The zero-order valence-corrected chi connectivity index (χ0v) is 13.8. The molecule has 1 amide bonds. The van der Waals surface area contributed by atoms with Crippen LogP contribution < -0.4 is 4.74 Å². The first-order valence-electron chi connectivity index (χ1n) is 7.50. The maximum absolute atomic E-state index is 12.8. The molecule has 1 heterocycles. The summed E-state index contributed by atoms with van der Waals surface area (Å²) in [5.41, 5.74) is 1.11. The molecule has 0 spiro atoms. The van der Waals surface area contributed by atoms with Crippen LogP contribution in [0.25, 0.3) is 0 Å². The van der Waals surface area contributed by atoms with Gasteiger partial charge in [-0.15, -0.1) is 0 Å². The number of ether oxygens (including phenoxy) is 1. The molecule has 2 rings (SSSR count). The van der Waals surface area contributed by atoms with Gasteiger partial charge >= 0.3 is 0 Å². The van der Waals surface area contributed by atoms with Crippen LogP contribution in [0, 0.1) is 12.7 Å². The zero-order valence-electron chi connectivity index (χ0n) is 13.8. The van der Waals surface area contributed by atoms with Crippen LogP contribution in [0.15, 0.2) is 28.8 Å². The Labute approximate surface area is 135 Å². The number of nitrogens with zero attached hydrogens (tertiary/aromatic N) is 2. The zero-order chi connectivity index (χ0) is 17.0. The highest BCUT2D eigenvalue weighted by Crippen LogP contribution is 2.23. The lowest BCUT2D eigenvalue weighted by atomic mass is 10.0. The van der Waals surface area contributed by atoms with E-state index in [0.717, 1.165) is 0 Å². The second-order valence-electron chi connectivity index (χ2n) is 5.69. The van der Waals surface area contributed by atoms with Crippen molar-refractivity contribution >= 4 is 5.91 Å². The molecule has 0 radical (unpaired) electrons. The maximum atomic E-state index is 12.8. The summed E-state index contributed by atoms with van der Waals surface area (Å²) in [6, 6.07) is 5.77. The van der Waals surface area contributed by atoms with Gasteiger partial charge in [-0.1, -0.05) is 19.0 Å². The molecule has 5 nitrogen and oxygen atoms in total. The summed E-state index contributed by atoms with van der Waals surface area (Å²) in [7, 11) is 1.70. The molecule has 0 unspecified atom stereocenters. The minimum Gasteiger partial charge on any atom is -0.492 e. The molecular weight excluding hydrogens is 299 g/mol. The van der Waals surface area contributed by atoms with Gasteiger partial charge in [-0.3, -0.25) is 4.79 Å². The van der Waals surface area contributed by atoms with E-state index in [2.05, 4.69) is 5.16 Å². The molecular formula is C17H21FN2O3. The molecule has 1 aromatic heterocycles. The van der Waals surface area contributed by atoms with Crippen molar-refractivity contribution in [2.24, 2.45) is 0 Å². The van der Waals surface area contributed by atoms with Crippen LogP contribution in [0.1, 0.15) is 41.6 Å². The molecule has 124 valence electrons. The normalized spacial score (nSPS) is 10.9. The smallest absolute Gasteiger partial charge is 0.259 e. The van der Waals surface area contributed by atoms with Crippen LogP contribution in [-0.4, -0.2) is 36.2 Å². The lowest BCUT2D eigenvalue weighted by molar-refractivity contribution is 0.0770. The minimum atomic E-state index is -0.311. The quantitative estimate of drug-likeness (QED) is 0.818. The number of aromatic nitrogens is 1. The fourth-order valence-electron chi connectivity index (χ4n) is 2.17. The number of halogens is 1. The van der Waals surface area contributed by atoms with E-state index in [1.165, 1.54) is 12.1 Å². The Morgan fingerprint density at radius 1 is 1.35 bits per heavy atom. The topological polar surface area (TPSA) is 55.6 Å². The highest BCUT2D eigenvalue weighted by atomic mass is 19.1. The van der Waals surface area contributed by atoms with Crippen molar-refractivity contribution in [1.29, 1.82) is 0 Å². The number of carbonyl (C=O) groups excluding carboxylic acids is 1. The van der Waals surface area contributed by atoms with E-state index in [0.29, 0.717) is 35.9 Å². The average Bonchev–Trinajstić information content (AvgIpc) is 2.90. The van der Waals surface area contributed by atoms with Crippen molar-refractivity contribution in [3.63, 3.8) is 0 Å². The van der Waals surface area contributed by atoms with E-state index in [4.69, 9.17) is 9.26 Å². The second kappa shape index (κ2) is 7.26. The maximum Gasteiger partial charge on any atom is 0.259 e. The molecule has 0 bridgehead atoms.